The van der Waals surface area contributed by atoms with E-state index in [1.54, 1.807) is 6.20 Å². The summed E-state index contributed by atoms with van der Waals surface area (Å²) in [5.74, 6) is -0.701. The molecule has 0 fully saturated rings. The molecule has 1 aromatic heterocycles. The van der Waals surface area contributed by atoms with Crippen molar-refractivity contribution < 1.29 is 8.78 Å². The smallest absolute Gasteiger partial charge is 0.129 e. The van der Waals surface area contributed by atoms with Crippen LogP contribution in [0.1, 0.15) is 15.4 Å². The first-order chi connectivity index (χ1) is 7.69. The Kier molecular flexibility index (Phi) is 3.51. The van der Waals surface area contributed by atoms with Gasteiger partial charge in [-0.1, -0.05) is 6.07 Å². The summed E-state index contributed by atoms with van der Waals surface area (Å²) in [7, 11) is 0. The van der Waals surface area contributed by atoms with E-state index in [-0.39, 0.29) is 0 Å². The van der Waals surface area contributed by atoms with Gasteiger partial charge in [-0.05, 0) is 11.6 Å². The summed E-state index contributed by atoms with van der Waals surface area (Å²) in [6.07, 6.45) is 2.04. The molecule has 0 N–H and O–H groups in total. The maximum atomic E-state index is 13.3. The molecule has 0 saturated heterocycles. The lowest BCUT2D eigenvalue weighted by molar-refractivity contribution is 0.574. The minimum Gasteiger partial charge on any atom is -0.249 e. The van der Waals surface area contributed by atoms with Crippen LogP contribution in [-0.4, -0.2) is 4.98 Å². The maximum absolute atomic E-state index is 13.3. The zero-order valence-electron chi connectivity index (χ0n) is 8.21. The van der Waals surface area contributed by atoms with Gasteiger partial charge in [0.05, 0.1) is 10.9 Å². The summed E-state index contributed by atoms with van der Waals surface area (Å²) in [6, 6.07) is 3.56. The third-order valence-electron chi connectivity index (χ3n) is 2.09. The average Bonchev–Trinajstić information content (AvgIpc) is 2.70. The molecule has 0 amide bonds. The lowest BCUT2D eigenvalue weighted by Gasteiger charge is -2.00. The number of alkyl halides is 1. The highest BCUT2D eigenvalue weighted by Gasteiger charge is 2.07. The van der Waals surface area contributed by atoms with E-state index < -0.39 is 11.6 Å². The number of thiazole rings is 1. The van der Waals surface area contributed by atoms with E-state index in [2.05, 4.69) is 4.98 Å². The highest BCUT2D eigenvalue weighted by molar-refractivity contribution is 7.11. The summed E-state index contributed by atoms with van der Waals surface area (Å²) in [5.41, 5.74) is 0.442. The molecule has 0 aliphatic heterocycles. The monoisotopic (exact) mass is 259 g/mol. The molecule has 84 valence electrons. The van der Waals surface area contributed by atoms with E-state index in [9.17, 15) is 8.78 Å². The second-order valence-electron chi connectivity index (χ2n) is 3.27. The Morgan fingerprint density at radius 3 is 2.75 bits per heavy atom. The fraction of sp³-hybridized carbons (Fsp3) is 0.182. The van der Waals surface area contributed by atoms with Crippen molar-refractivity contribution in [3.8, 4) is 0 Å². The second-order valence-corrected chi connectivity index (χ2v) is 4.73. The molecule has 0 aliphatic rings. The molecule has 0 radical (unpaired) electrons. The van der Waals surface area contributed by atoms with E-state index in [0.29, 0.717) is 17.9 Å². The summed E-state index contributed by atoms with van der Waals surface area (Å²) >= 11 is 7.08. The van der Waals surface area contributed by atoms with Crippen LogP contribution in [0, 0.1) is 11.6 Å². The van der Waals surface area contributed by atoms with E-state index in [1.807, 2.05) is 0 Å². The third-order valence-corrected chi connectivity index (χ3v) is 3.53. The maximum Gasteiger partial charge on any atom is 0.129 e. The van der Waals surface area contributed by atoms with Crippen molar-refractivity contribution >= 4 is 22.9 Å². The number of benzene rings is 1. The number of aromatic nitrogens is 1. The average molecular weight is 260 g/mol. The van der Waals surface area contributed by atoms with Crippen molar-refractivity contribution in [2.75, 3.05) is 0 Å². The van der Waals surface area contributed by atoms with Crippen molar-refractivity contribution in [3.63, 3.8) is 0 Å². The highest BCUT2D eigenvalue weighted by atomic mass is 35.5. The molecular weight excluding hydrogens is 252 g/mol. The molecule has 2 aromatic rings. The van der Waals surface area contributed by atoms with Gasteiger partial charge in [-0.3, -0.25) is 0 Å². The van der Waals surface area contributed by atoms with E-state index in [0.717, 1.165) is 16.0 Å². The van der Waals surface area contributed by atoms with Gasteiger partial charge in [0.1, 0.15) is 11.6 Å². The minimum atomic E-state index is -0.568. The molecule has 1 heterocycles. The Bertz CT molecular complexity index is 498. The van der Waals surface area contributed by atoms with Gasteiger partial charge in [-0.25, -0.2) is 13.8 Å². The number of nitrogens with zero attached hydrogens (tertiary/aromatic N) is 1. The van der Waals surface area contributed by atoms with Crippen LogP contribution in [0.4, 0.5) is 8.78 Å². The van der Waals surface area contributed by atoms with Crippen LogP contribution in [0.5, 0.6) is 0 Å². The first-order valence-electron chi connectivity index (χ1n) is 4.62. The van der Waals surface area contributed by atoms with Crippen LogP contribution in [0.25, 0.3) is 0 Å². The first-order valence-corrected chi connectivity index (χ1v) is 5.97. The predicted octanol–water partition coefficient (Wildman–Crippen LogP) is 3.75. The largest absolute Gasteiger partial charge is 0.249 e. The van der Waals surface area contributed by atoms with Gasteiger partial charge in [0.25, 0.3) is 0 Å². The van der Waals surface area contributed by atoms with Crippen LogP contribution in [0.3, 0.4) is 0 Å². The molecule has 5 heteroatoms. The molecule has 2 rings (SSSR count). The van der Waals surface area contributed by atoms with Crippen molar-refractivity contribution in [1.82, 2.24) is 4.98 Å². The molecule has 0 saturated carbocycles. The number of hydrogen-bond donors (Lipinski definition) is 0. The molecule has 0 unspecified atom stereocenters. The SMILES string of the molecule is Fc1ccc(Cc2ncc(CCl)s2)c(F)c1. The topological polar surface area (TPSA) is 12.9 Å². The van der Waals surface area contributed by atoms with Gasteiger partial charge in [0.15, 0.2) is 0 Å². The highest BCUT2D eigenvalue weighted by Crippen LogP contribution is 2.20. The zero-order valence-corrected chi connectivity index (χ0v) is 9.79. The second kappa shape index (κ2) is 4.89. The number of rotatable bonds is 3. The molecule has 0 bridgehead atoms. The predicted molar refractivity (Wildman–Crippen MR) is 60.8 cm³/mol. The Morgan fingerprint density at radius 1 is 1.31 bits per heavy atom. The quantitative estimate of drug-likeness (QED) is 0.765. The fourth-order valence-corrected chi connectivity index (χ4v) is 2.35. The van der Waals surface area contributed by atoms with Crippen molar-refractivity contribution in [1.29, 1.82) is 0 Å². The standard InChI is InChI=1S/C11H8ClF2NS/c12-5-9-6-15-11(16-9)3-7-1-2-8(13)4-10(7)14/h1-2,4,6H,3,5H2. The van der Waals surface area contributed by atoms with E-state index >= 15 is 0 Å². The van der Waals surface area contributed by atoms with Gasteiger partial charge >= 0.3 is 0 Å². The van der Waals surface area contributed by atoms with Gasteiger partial charge in [-0.2, -0.15) is 0 Å². The summed E-state index contributed by atoms with van der Waals surface area (Å²) in [6.45, 7) is 0. The normalized spacial score (nSPS) is 10.7. The molecule has 16 heavy (non-hydrogen) atoms. The number of halogens is 3. The molecular formula is C11H8ClF2NS. The lowest BCUT2D eigenvalue weighted by atomic mass is 10.1. The molecule has 1 nitrogen and oxygen atoms in total. The van der Waals surface area contributed by atoms with Crippen LogP contribution in [-0.2, 0) is 12.3 Å². The Labute approximate surface area is 101 Å². The van der Waals surface area contributed by atoms with E-state index in [4.69, 9.17) is 11.6 Å². The summed E-state index contributed by atoms with van der Waals surface area (Å²) in [4.78, 5) is 5.06. The van der Waals surface area contributed by atoms with Crippen LogP contribution in [0.2, 0.25) is 0 Å². The van der Waals surface area contributed by atoms with Crippen LogP contribution in [0.15, 0.2) is 24.4 Å². The molecule has 0 spiro atoms. The zero-order chi connectivity index (χ0) is 11.5. The number of hydrogen-bond acceptors (Lipinski definition) is 2. The van der Waals surface area contributed by atoms with Crippen molar-refractivity contribution in [2.45, 2.75) is 12.3 Å². The molecule has 0 aliphatic carbocycles. The Morgan fingerprint density at radius 2 is 2.12 bits per heavy atom. The van der Waals surface area contributed by atoms with Crippen molar-refractivity contribution in [3.05, 3.63) is 51.5 Å². The van der Waals surface area contributed by atoms with Gasteiger partial charge in [0.2, 0.25) is 0 Å². The molecule has 0 atom stereocenters. The van der Waals surface area contributed by atoms with E-state index in [1.165, 1.54) is 23.5 Å². The summed E-state index contributed by atoms with van der Waals surface area (Å²) in [5, 5.41) is 0.779. The van der Waals surface area contributed by atoms with Gasteiger partial charge < -0.3 is 0 Å². The van der Waals surface area contributed by atoms with Crippen molar-refractivity contribution in [2.24, 2.45) is 0 Å². The first kappa shape index (κ1) is 11.5. The van der Waals surface area contributed by atoms with Crippen LogP contribution < -0.4 is 0 Å². The van der Waals surface area contributed by atoms with Gasteiger partial charge in [0, 0.05) is 23.6 Å². The third kappa shape index (κ3) is 2.57. The fourth-order valence-electron chi connectivity index (χ4n) is 1.32. The molecule has 1 aromatic carbocycles. The van der Waals surface area contributed by atoms with Gasteiger partial charge in [-0.15, -0.1) is 22.9 Å². The summed E-state index contributed by atoms with van der Waals surface area (Å²) < 4.78 is 26.0. The lowest BCUT2D eigenvalue weighted by Crippen LogP contribution is -1.92. The Balaban J connectivity index is 2.20. The minimum absolute atomic E-state index is 0.369. The Hall–Kier alpha value is -1.00. The van der Waals surface area contributed by atoms with Crippen LogP contribution >= 0.6 is 22.9 Å².